The van der Waals surface area contributed by atoms with E-state index in [9.17, 15) is 0 Å². The molecule has 1 aromatic heterocycles. The van der Waals surface area contributed by atoms with Gasteiger partial charge in [-0.05, 0) is 32.8 Å². The zero-order valence-corrected chi connectivity index (χ0v) is 17.2. The molecule has 0 bridgehead atoms. The topological polar surface area (TPSA) is 65.8 Å². The zero-order valence-electron chi connectivity index (χ0n) is 15.6. The Morgan fingerprint density at radius 2 is 1.96 bits per heavy atom. The van der Waals surface area contributed by atoms with Gasteiger partial charge in [0.1, 0.15) is 10.4 Å². The zero-order chi connectivity index (χ0) is 18.5. The van der Waals surface area contributed by atoms with Crippen LogP contribution in [0.25, 0.3) is 0 Å². The Morgan fingerprint density at radius 3 is 2.62 bits per heavy atom. The van der Waals surface area contributed by atoms with Gasteiger partial charge in [0.15, 0.2) is 0 Å². The molecule has 26 heavy (non-hydrogen) atoms. The highest BCUT2D eigenvalue weighted by Gasteiger charge is 2.31. The SMILES string of the molecule is CCCCN=C(Nc1nnc(C)s1)N1N=C(C)SC1c1ccc(C)cc1. The van der Waals surface area contributed by atoms with Gasteiger partial charge in [-0.3, -0.25) is 10.3 Å². The van der Waals surface area contributed by atoms with E-state index in [2.05, 4.69) is 53.6 Å². The van der Waals surface area contributed by atoms with Gasteiger partial charge in [-0.2, -0.15) is 5.10 Å². The summed E-state index contributed by atoms with van der Waals surface area (Å²) < 4.78 is 0. The average Bonchev–Trinajstić information content (AvgIpc) is 3.20. The molecule has 0 saturated heterocycles. The number of hydrazone groups is 1. The quantitative estimate of drug-likeness (QED) is 0.452. The molecule has 1 aromatic carbocycles. The summed E-state index contributed by atoms with van der Waals surface area (Å²) >= 11 is 3.26. The standard InChI is InChI=1S/C18H24N6S2/c1-5-6-11-19-17(20-18-22-21-13(3)26-18)24-16(25-14(4)23-24)15-9-7-12(2)8-10-15/h7-10,16H,5-6,11H2,1-4H3,(H,19,20,22). The number of thioether (sulfide) groups is 1. The van der Waals surface area contributed by atoms with Crippen LogP contribution in [0.2, 0.25) is 0 Å². The Labute approximate surface area is 162 Å². The predicted octanol–water partition coefficient (Wildman–Crippen LogP) is 4.80. The molecule has 138 valence electrons. The average molecular weight is 389 g/mol. The van der Waals surface area contributed by atoms with Crippen molar-refractivity contribution in [3.8, 4) is 0 Å². The monoisotopic (exact) mass is 388 g/mol. The van der Waals surface area contributed by atoms with Gasteiger partial charge in [0, 0.05) is 6.54 Å². The Balaban J connectivity index is 1.88. The van der Waals surface area contributed by atoms with Crippen molar-refractivity contribution in [1.82, 2.24) is 15.2 Å². The van der Waals surface area contributed by atoms with Crippen LogP contribution in [0.4, 0.5) is 5.13 Å². The summed E-state index contributed by atoms with van der Waals surface area (Å²) in [6, 6.07) is 8.59. The number of nitrogens with one attached hydrogen (secondary N) is 1. The van der Waals surface area contributed by atoms with Crippen molar-refractivity contribution in [3.05, 3.63) is 40.4 Å². The first kappa shape index (κ1) is 18.8. The first-order valence-electron chi connectivity index (χ1n) is 8.76. The normalized spacial score (nSPS) is 17.5. The van der Waals surface area contributed by atoms with E-state index in [0.717, 1.165) is 40.5 Å². The third-order valence-corrected chi connectivity index (χ3v) is 5.72. The minimum Gasteiger partial charge on any atom is -0.299 e. The van der Waals surface area contributed by atoms with Crippen LogP contribution in [0, 0.1) is 13.8 Å². The number of unbranched alkanes of at least 4 members (excludes halogenated alkanes) is 1. The van der Waals surface area contributed by atoms with E-state index in [1.165, 1.54) is 22.5 Å². The molecule has 3 rings (SSSR count). The molecule has 1 atom stereocenters. The van der Waals surface area contributed by atoms with Crippen molar-refractivity contribution in [2.24, 2.45) is 10.1 Å². The van der Waals surface area contributed by atoms with Crippen molar-refractivity contribution in [2.75, 3.05) is 11.9 Å². The van der Waals surface area contributed by atoms with Crippen LogP contribution >= 0.6 is 23.1 Å². The number of aryl methyl sites for hydroxylation is 2. The molecule has 1 aliphatic heterocycles. The lowest BCUT2D eigenvalue weighted by Gasteiger charge is -2.24. The molecule has 6 nitrogen and oxygen atoms in total. The van der Waals surface area contributed by atoms with E-state index in [-0.39, 0.29) is 5.37 Å². The number of rotatable bonds is 5. The van der Waals surface area contributed by atoms with Gasteiger partial charge in [-0.1, -0.05) is 66.3 Å². The van der Waals surface area contributed by atoms with Gasteiger partial charge >= 0.3 is 0 Å². The fourth-order valence-corrected chi connectivity index (χ4v) is 4.08. The number of hydrogen-bond acceptors (Lipinski definition) is 6. The third kappa shape index (κ3) is 4.62. The first-order valence-corrected chi connectivity index (χ1v) is 10.5. The second-order valence-corrected chi connectivity index (χ2v) is 8.61. The summed E-state index contributed by atoms with van der Waals surface area (Å²) in [6.07, 6.45) is 2.15. The lowest BCUT2D eigenvalue weighted by Crippen LogP contribution is -2.32. The molecule has 1 aliphatic rings. The molecule has 2 aromatic rings. The number of aromatic nitrogens is 2. The lowest BCUT2D eigenvalue weighted by atomic mass is 10.1. The summed E-state index contributed by atoms with van der Waals surface area (Å²) in [7, 11) is 0. The molecule has 1 unspecified atom stereocenters. The summed E-state index contributed by atoms with van der Waals surface area (Å²) in [6.45, 7) is 9.00. The summed E-state index contributed by atoms with van der Waals surface area (Å²) in [5.41, 5.74) is 2.46. The second kappa shape index (κ2) is 8.64. The largest absolute Gasteiger partial charge is 0.299 e. The minimum absolute atomic E-state index is 0.0671. The molecule has 0 spiro atoms. The molecular weight excluding hydrogens is 364 g/mol. The number of nitrogens with zero attached hydrogens (tertiary/aromatic N) is 5. The predicted molar refractivity (Wildman–Crippen MR) is 112 cm³/mol. The molecule has 0 fully saturated rings. The molecule has 0 saturated carbocycles. The second-order valence-electron chi connectivity index (χ2n) is 6.15. The highest BCUT2D eigenvalue weighted by atomic mass is 32.2. The van der Waals surface area contributed by atoms with Crippen LogP contribution in [0.1, 0.15) is 48.2 Å². The number of guanidine groups is 1. The van der Waals surface area contributed by atoms with E-state index in [1.54, 1.807) is 11.8 Å². The van der Waals surface area contributed by atoms with Crippen molar-refractivity contribution < 1.29 is 0 Å². The molecule has 8 heteroatoms. The van der Waals surface area contributed by atoms with Gasteiger partial charge in [-0.15, -0.1) is 10.2 Å². The Kier molecular flexibility index (Phi) is 6.26. The summed E-state index contributed by atoms with van der Waals surface area (Å²) in [5.74, 6) is 0.726. The van der Waals surface area contributed by atoms with Crippen molar-refractivity contribution >= 4 is 39.2 Å². The van der Waals surface area contributed by atoms with Crippen LogP contribution in [-0.4, -0.2) is 32.8 Å². The van der Waals surface area contributed by atoms with E-state index >= 15 is 0 Å². The highest BCUT2D eigenvalue weighted by Crippen LogP contribution is 2.39. The van der Waals surface area contributed by atoms with E-state index < -0.39 is 0 Å². The van der Waals surface area contributed by atoms with Crippen molar-refractivity contribution in [2.45, 2.75) is 45.9 Å². The van der Waals surface area contributed by atoms with Crippen LogP contribution in [0.5, 0.6) is 0 Å². The van der Waals surface area contributed by atoms with Crippen molar-refractivity contribution in [3.63, 3.8) is 0 Å². The summed E-state index contributed by atoms with van der Waals surface area (Å²) in [4.78, 5) is 4.78. The molecule has 2 heterocycles. The van der Waals surface area contributed by atoms with Crippen LogP contribution in [0.3, 0.4) is 0 Å². The Hall–Kier alpha value is -1.93. The van der Waals surface area contributed by atoms with Gasteiger partial charge in [-0.25, -0.2) is 5.01 Å². The fourth-order valence-electron chi connectivity index (χ4n) is 2.49. The van der Waals surface area contributed by atoms with Crippen LogP contribution in [0.15, 0.2) is 34.4 Å². The smallest absolute Gasteiger partial charge is 0.222 e. The van der Waals surface area contributed by atoms with E-state index in [0.29, 0.717) is 0 Å². The highest BCUT2D eigenvalue weighted by molar-refractivity contribution is 8.14. The van der Waals surface area contributed by atoms with E-state index in [4.69, 9.17) is 10.1 Å². The molecule has 1 N–H and O–H groups in total. The van der Waals surface area contributed by atoms with Gasteiger partial charge < -0.3 is 0 Å². The van der Waals surface area contributed by atoms with E-state index in [1.807, 2.05) is 18.9 Å². The Morgan fingerprint density at radius 1 is 1.19 bits per heavy atom. The molecule has 0 radical (unpaired) electrons. The number of benzene rings is 1. The maximum atomic E-state index is 4.78. The third-order valence-electron chi connectivity index (χ3n) is 3.85. The lowest BCUT2D eigenvalue weighted by molar-refractivity contribution is 0.435. The molecule has 0 amide bonds. The van der Waals surface area contributed by atoms with Gasteiger partial charge in [0.25, 0.3) is 0 Å². The summed E-state index contributed by atoms with van der Waals surface area (Å²) in [5, 5.41) is 21.0. The minimum atomic E-state index is 0.0671. The maximum absolute atomic E-state index is 4.78. The maximum Gasteiger partial charge on any atom is 0.222 e. The Bertz CT molecular complexity index is 796. The number of aliphatic imine (C=N–C) groups is 1. The first-order chi connectivity index (χ1) is 12.6. The van der Waals surface area contributed by atoms with Crippen LogP contribution in [-0.2, 0) is 0 Å². The van der Waals surface area contributed by atoms with Crippen LogP contribution < -0.4 is 5.32 Å². The number of hydrogen-bond donors (Lipinski definition) is 1. The fraction of sp³-hybridized carbons (Fsp3) is 0.444. The van der Waals surface area contributed by atoms with Gasteiger partial charge in [0.2, 0.25) is 11.1 Å². The van der Waals surface area contributed by atoms with Crippen molar-refractivity contribution in [1.29, 1.82) is 0 Å². The van der Waals surface area contributed by atoms with Gasteiger partial charge in [0.05, 0.1) is 5.04 Å². The molecule has 0 aliphatic carbocycles. The molecular formula is C18H24N6S2. The number of anilines is 1.